The Hall–Kier alpha value is -2.56. The summed E-state index contributed by atoms with van der Waals surface area (Å²) < 4.78 is 5.10. The molecule has 0 saturated carbocycles. The van der Waals surface area contributed by atoms with E-state index in [4.69, 9.17) is 16.2 Å². The van der Waals surface area contributed by atoms with Crippen molar-refractivity contribution >= 4 is 22.7 Å². The van der Waals surface area contributed by atoms with E-state index in [0.29, 0.717) is 28.5 Å². The largest absolute Gasteiger partial charge is 0.497 e. The number of nitrogens with zero attached hydrogens (tertiary/aromatic N) is 2. The highest BCUT2D eigenvalue weighted by Gasteiger charge is 2.00. The molecular weight excluding hydrogens is 228 g/mol. The lowest BCUT2D eigenvalue weighted by Gasteiger charge is -2.02. The van der Waals surface area contributed by atoms with E-state index in [-0.39, 0.29) is 0 Å². The van der Waals surface area contributed by atoms with Crippen LogP contribution in [0.3, 0.4) is 0 Å². The molecule has 0 spiro atoms. The van der Waals surface area contributed by atoms with Crippen LogP contribution < -0.4 is 16.2 Å². The fourth-order valence-electron chi connectivity index (χ4n) is 1.39. The lowest BCUT2D eigenvalue weighted by atomic mass is 10.2. The minimum absolute atomic E-state index is 0.551. The van der Waals surface area contributed by atoms with Gasteiger partial charge in [0.25, 0.3) is 0 Å². The van der Waals surface area contributed by atoms with E-state index >= 15 is 0 Å². The van der Waals surface area contributed by atoms with Gasteiger partial charge in [0.15, 0.2) is 0 Å². The molecule has 0 aliphatic carbocycles. The third-order valence-corrected chi connectivity index (χ3v) is 2.40. The van der Waals surface area contributed by atoms with E-state index in [9.17, 15) is 0 Å². The summed E-state index contributed by atoms with van der Waals surface area (Å²) in [6.07, 6.45) is 0. The van der Waals surface area contributed by atoms with Crippen molar-refractivity contribution < 1.29 is 4.74 Å². The van der Waals surface area contributed by atoms with Crippen molar-refractivity contribution in [2.75, 3.05) is 18.6 Å². The number of hydrogen-bond donors (Lipinski definition) is 2. The summed E-state index contributed by atoms with van der Waals surface area (Å²) in [7, 11) is 1.59. The molecule has 18 heavy (non-hydrogen) atoms. The number of nitrogens with two attached hydrogens (primary N) is 2. The third-order valence-electron chi connectivity index (χ3n) is 2.40. The molecule has 0 heterocycles. The van der Waals surface area contributed by atoms with Gasteiger partial charge in [-0.15, -0.1) is 5.11 Å². The highest BCUT2D eigenvalue weighted by molar-refractivity contribution is 5.64. The van der Waals surface area contributed by atoms with Crippen LogP contribution in [0.4, 0.5) is 22.7 Å². The number of rotatable bonds is 3. The van der Waals surface area contributed by atoms with Gasteiger partial charge in [0.05, 0.1) is 18.5 Å². The number of azo groups is 1. The van der Waals surface area contributed by atoms with Crippen LogP contribution in [0, 0.1) is 0 Å². The number of nitrogen functional groups attached to an aromatic ring is 2. The van der Waals surface area contributed by atoms with Crippen LogP contribution in [0.1, 0.15) is 0 Å². The number of hydrogen-bond acceptors (Lipinski definition) is 5. The van der Waals surface area contributed by atoms with Crippen LogP contribution in [0.2, 0.25) is 0 Å². The topological polar surface area (TPSA) is 86.0 Å². The summed E-state index contributed by atoms with van der Waals surface area (Å²) in [5.74, 6) is 0.690. The smallest absolute Gasteiger partial charge is 0.121 e. The molecule has 0 fully saturated rings. The molecule has 0 unspecified atom stereocenters. The minimum Gasteiger partial charge on any atom is -0.497 e. The van der Waals surface area contributed by atoms with Crippen LogP contribution in [-0.4, -0.2) is 7.11 Å². The number of anilines is 2. The van der Waals surface area contributed by atoms with E-state index in [1.807, 2.05) is 0 Å². The van der Waals surface area contributed by atoms with Crippen molar-refractivity contribution in [3.63, 3.8) is 0 Å². The van der Waals surface area contributed by atoms with Gasteiger partial charge in [0.1, 0.15) is 11.4 Å². The van der Waals surface area contributed by atoms with Gasteiger partial charge in [-0.1, -0.05) is 0 Å². The van der Waals surface area contributed by atoms with E-state index < -0.39 is 0 Å². The molecule has 0 bridgehead atoms. The standard InChI is InChI=1S/C13H14N4O/c1-18-11-6-7-12(15)13(8-11)17-16-10-4-2-9(14)3-5-10/h2-8H,14-15H2,1H3. The Labute approximate surface area is 105 Å². The SMILES string of the molecule is COc1ccc(N)c(N=Nc2ccc(N)cc2)c1. The molecule has 5 heteroatoms. The molecule has 0 aliphatic rings. The molecule has 0 aromatic heterocycles. The molecule has 0 atom stereocenters. The second-order valence-corrected chi connectivity index (χ2v) is 3.72. The van der Waals surface area contributed by atoms with E-state index in [0.717, 1.165) is 0 Å². The molecular formula is C13H14N4O. The Morgan fingerprint density at radius 1 is 0.944 bits per heavy atom. The summed E-state index contributed by atoms with van der Waals surface area (Å²) in [6.45, 7) is 0. The van der Waals surface area contributed by atoms with Gasteiger partial charge in [-0.3, -0.25) is 0 Å². The third kappa shape index (κ3) is 2.76. The van der Waals surface area contributed by atoms with E-state index in [1.165, 1.54) is 0 Å². The molecule has 92 valence electrons. The summed E-state index contributed by atoms with van der Waals surface area (Å²) in [6, 6.07) is 12.3. The van der Waals surface area contributed by atoms with Crippen LogP contribution >= 0.6 is 0 Å². The maximum atomic E-state index is 5.80. The fraction of sp³-hybridized carbons (Fsp3) is 0.0769. The molecule has 5 nitrogen and oxygen atoms in total. The first-order valence-electron chi connectivity index (χ1n) is 5.40. The monoisotopic (exact) mass is 242 g/mol. The second-order valence-electron chi connectivity index (χ2n) is 3.72. The molecule has 4 N–H and O–H groups in total. The lowest BCUT2D eigenvalue weighted by molar-refractivity contribution is 0.415. The first-order chi connectivity index (χ1) is 8.69. The normalized spacial score (nSPS) is 10.7. The highest BCUT2D eigenvalue weighted by atomic mass is 16.5. The molecule has 0 saturated heterocycles. The summed E-state index contributed by atoms with van der Waals surface area (Å²) >= 11 is 0. The Morgan fingerprint density at radius 2 is 1.67 bits per heavy atom. The minimum atomic E-state index is 0.551. The Kier molecular flexibility index (Phi) is 3.43. The average Bonchev–Trinajstić information content (AvgIpc) is 2.40. The average molecular weight is 242 g/mol. The molecule has 0 amide bonds. The molecule has 2 rings (SSSR count). The van der Waals surface area contributed by atoms with Gasteiger partial charge in [0, 0.05) is 11.8 Å². The van der Waals surface area contributed by atoms with Crippen LogP contribution in [0.5, 0.6) is 5.75 Å². The van der Waals surface area contributed by atoms with Crippen molar-refractivity contribution in [2.24, 2.45) is 10.2 Å². The van der Waals surface area contributed by atoms with Crippen molar-refractivity contribution in [3.05, 3.63) is 42.5 Å². The summed E-state index contributed by atoms with van der Waals surface area (Å²) in [4.78, 5) is 0. The number of ether oxygens (including phenoxy) is 1. The quantitative estimate of drug-likeness (QED) is 0.639. The Bertz CT molecular complexity index is 564. The van der Waals surface area contributed by atoms with Crippen molar-refractivity contribution in [2.45, 2.75) is 0 Å². The predicted molar refractivity (Wildman–Crippen MR) is 72.4 cm³/mol. The van der Waals surface area contributed by atoms with Gasteiger partial charge in [-0.05, 0) is 36.4 Å². The van der Waals surface area contributed by atoms with E-state index in [1.54, 1.807) is 49.6 Å². The maximum absolute atomic E-state index is 5.80. The zero-order chi connectivity index (χ0) is 13.0. The number of methoxy groups -OCH3 is 1. The zero-order valence-electron chi connectivity index (χ0n) is 10.00. The molecule has 2 aromatic carbocycles. The predicted octanol–water partition coefficient (Wildman–Crippen LogP) is 3.28. The Balaban J connectivity index is 2.25. The van der Waals surface area contributed by atoms with Gasteiger partial charge >= 0.3 is 0 Å². The van der Waals surface area contributed by atoms with Gasteiger partial charge in [0.2, 0.25) is 0 Å². The van der Waals surface area contributed by atoms with Crippen LogP contribution in [-0.2, 0) is 0 Å². The van der Waals surface area contributed by atoms with E-state index in [2.05, 4.69) is 10.2 Å². The summed E-state index contributed by atoms with van der Waals surface area (Å²) in [5.41, 5.74) is 13.9. The van der Waals surface area contributed by atoms with Gasteiger partial charge in [-0.25, -0.2) is 0 Å². The fourth-order valence-corrected chi connectivity index (χ4v) is 1.39. The van der Waals surface area contributed by atoms with Gasteiger partial charge in [-0.2, -0.15) is 5.11 Å². The van der Waals surface area contributed by atoms with Crippen molar-refractivity contribution in [3.8, 4) is 5.75 Å². The first kappa shape index (κ1) is 11.9. The lowest BCUT2D eigenvalue weighted by Crippen LogP contribution is -1.87. The van der Waals surface area contributed by atoms with Crippen LogP contribution in [0.25, 0.3) is 0 Å². The Morgan fingerprint density at radius 3 is 2.33 bits per heavy atom. The van der Waals surface area contributed by atoms with Crippen molar-refractivity contribution in [1.29, 1.82) is 0 Å². The van der Waals surface area contributed by atoms with Gasteiger partial charge < -0.3 is 16.2 Å². The van der Waals surface area contributed by atoms with Crippen LogP contribution in [0.15, 0.2) is 52.7 Å². The van der Waals surface area contributed by atoms with Crippen molar-refractivity contribution in [1.82, 2.24) is 0 Å². The molecule has 0 radical (unpaired) electrons. The highest BCUT2D eigenvalue weighted by Crippen LogP contribution is 2.28. The number of benzene rings is 2. The zero-order valence-corrected chi connectivity index (χ0v) is 10.00. The molecule has 2 aromatic rings. The second kappa shape index (κ2) is 5.18. The first-order valence-corrected chi connectivity index (χ1v) is 5.40. The maximum Gasteiger partial charge on any atom is 0.121 e. The molecule has 0 aliphatic heterocycles. The summed E-state index contributed by atoms with van der Waals surface area (Å²) in [5, 5.41) is 8.18.